The lowest BCUT2D eigenvalue weighted by atomic mass is 9.98. The molecule has 13 heteroatoms. The SMILES string of the molecule is CC(=O)OCC1O[C@H](OP2OCc3ccccc3CO2)C(OC(C)=O)C(OC(C)=O)[C@H]1OC(C)=O. The van der Waals surface area contributed by atoms with Crippen molar-refractivity contribution < 1.29 is 56.4 Å². The Hall–Kier alpha value is -2.63. The fraction of sp³-hybridized carbons (Fsp3) is 0.545. The van der Waals surface area contributed by atoms with Crippen molar-refractivity contribution >= 4 is 32.5 Å². The van der Waals surface area contributed by atoms with Crippen LogP contribution in [0.1, 0.15) is 38.8 Å². The zero-order valence-electron chi connectivity index (χ0n) is 19.7. The van der Waals surface area contributed by atoms with E-state index in [1.165, 1.54) is 6.92 Å². The summed E-state index contributed by atoms with van der Waals surface area (Å²) in [7, 11) is -2.00. The van der Waals surface area contributed by atoms with E-state index in [1.54, 1.807) is 0 Å². The summed E-state index contributed by atoms with van der Waals surface area (Å²) in [6.45, 7) is 4.67. The predicted octanol–water partition coefficient (Wildman–Crippen LogP) is 2.06. The zero-order valence-corrected chi connectivity index (χ0v) is 20.6. The van der Waals surface area contributed by atoms with Gasteiger partial charge in [0.15, 0.2) is 18.3 Å². The highest BCUT2D eigenvalue weighted by atomic mass is 31.2. The van der Waals surface area contributed by atoms with Crippen LogP contribution in [0.4, 0.5) is 0 Å². The molecule has 2 aliphatic heterocycles. The Labute approximate surface area is 203 Å². The maximum absolute atomic E-state index is 11.9. The molecule has 12 nitrogen and oxygen atoms in total. The smallest absolute Gasteiger partial charge is 0.335 e. The molecule has 1 saturated heterocycles. The van der Waals surface area contributed by atoms with Crippen molar-refractivity contribution in [1.82, 2.24) is 0 Å². The molecule has 0 radical (unpaired) electrons. The van der Waals surface area contributed by atoms with Gasteiger partial charge in [0.1, 0.15) is 12.7 Å². The quantitative estimate of drug-likeness (QED) is 0.299. The first-order valence-electron chi connectivity index (χ1n) is 10.7. The molecule has 0 amide bonds. The number of hydrogen-bond donors (Lipinski definition) is 0. The van der Waals surface area contributed by atoms with E-state index in [1.807, 2.05) is 24.3 Å². The van der Waals surface area contributed by atoms with Gasteiger partial charge in [-0.2, -0.15) is 0 Å². The summed E-state index contributed by atoms with van der Waals surface area (Å²) in [5, 5.41) is 0. The summed E-state index contributed by atoms with van der Waals surface area (Å²) >= 11 is 0. The summed E-state index contributed by atoms with van der Waals surface area (Å²) in [4.78, 5) is 47.0. The normalized spacial score (nSPS) is 26.6. The Balaban J connectivity index is 1.87. The van der Waals surface area contributed by atoms with Gasteiger partial charge >= 0.3 is 32.5 Å². The van der Waals surface area contributed by atoms with Gasteiger partial charge in [0, 0.05) is 27.7 Å². The van der Waals surface area contributed by atoms with E-state index in [0.717, 1.165) is 31.9 Å². The van der Waals surface area contributed by atoms with Crippen LogP contribution in [-0.2, 0) is 69.6 Å². The topological polar surface area (TPSA) is 142 Å². The molecule has 3 unspecified atom stereocenters. The second-order valence-corrected chi connectivity index (χ2v) is 8.89. The lowest BCUT2D eigenvalue weighted by Gasteiger charge is -2.44. The monoisotopic (exact) mass is 514 g/mol. The molecule has 2 aliphatic rings. The maximum atomic E-state index is 11.9. The van der Waals surface area contributed by atoms with Crippen LogP contribution in [0.25, 0.3) is 0 Å². The molecule has 35 heavy (non-hydrogen) atoms. The molecular weight excluding hydrogens is 487 g/mol. The number of carbonyl (C=O) groups is 4. The van der Waals surface area contributed by atoms with Crippen LogP contribution in [-0.4, -0.2) is 61.2 Å². The van der Waals surface area contributed by atoms with Crippen molar-refractivity contribution in [3.8, 4) is 0 Å². The van der Waals surface area contributed by atoms with E-state index >= 15 is 0 Å². The number of ether oxygens (including phenoxy) is 5. The van der Waals surface area contributed by atoms with Crippen LogP contribution >= 0.6 is 8.60 Å². The van der Waals surface area contributed by atoms with Gasteiger partial charge in [0.25, 0.3) is 0 Å². The van der Waals surface area contributed by atoms with Crippen LogP contribution in [0.3, 0.4) is 0 Å². The third-order valence-corrected chi connectivity index (χ3v) is 5.97. The molecule has 5 atom stereocenters. The largest absolute Gasteiger partial charge is 0.463 e. The molecule has 2 heterocycles. The Kier molecular flexibility index (Phi) is 9.53. The molecule has 192 valence electrons. The molecule has 1 fully saturated rings. The summed E-state index contributed by atoms with van der Waals surface area (Å²) in [5.41, 5.74) is 1.84. The second kappa shape index (κ2) is 12.4. The van der Waals surface area contributed by atoms with Gasteiger partial charge < -0.3 is 32.7 Å². The summed E-state index contributed by atoms with van der Waals surface area (Å²) in [6.07, 6.45) is -6.45. The van der Waals surface area contributed by atoms with Crippen molar-refractivity contribution in [3.05, 3.63) is 35.4 Å². The Bertz CT molecular complexity index is 910. The van der Waals surface area contributed by atoms with E-state index in [2.05, 4.69) is 0 Å². The van der Waals surface area contributed by atoms with E-state index in [4.69, 9.17) is 37.3 Å². The van der Waals surface area contributed by atoms with Gasteiger partial charge in [-0.1, -0.05) is 24.3 Å². The first-order valence-corrected chi connectivity index (χ1v) is 11.8. The van der Waals surface area contributed by atoms with E-state index in [0.29, 0.717) is 0 Å². The van der Waals surface area contributed by atoms with Crippen molar-refractivity contribution in [1.29, 1.82) is 0 Å². The van der Waals surface area contributed by atoms with Gasteiger partial charge in [-0.3, -0.25) is 23.7 Å². The lowest BCUT2D eigenvalue weighted by Crippen LogP contribution is -2.62. The minimum Gasteiger partial charge on any atom is -0.463 e. The Morgan fingerprint density at radius 3 is 1.83 bits per heavy atom. The lowest BCUT2D eigenvalue weighted by molar-refractivity contribution is -0.290. The van der Waals surface area contributed by atoms with Gasteiger partial charge in [-0.15, -0.1) is 0 Å². The van der Waals surface area contributed by atoms with Crippen LogP contribution in [0.5, 0.6) is 0 Å². The first kappa shape index (κ1) is 27.0. The Morgan fingerprint density at radius 1 is 0.800 bits per heavy atom. The van der Waals surface area contributed by atoms with Crippen molar-refractivity contribution in [3.63, 3.8) is 0 Å². The summed E-state index contributed by atoms with van der Waals surface area (Å²) < 4.78 is 44.4. The third kappa shape index (κ3) is 7.68. The third-order valence-electron chi connectivity index (χ3n) is 4.91. The van der Waals surface area contributed by atoms with Crippen molar-refractivity contribution in [2.75, 3.05) is 6.61 Å². The van der Waals surface area contributed by atoms with Crippen molar-refractivity contribution in [2.45, 2.75) is 71.6 Å². The Morgan fingerprint density at radius 2 is 1.31 bits per heavy atom. The molecule has 3 rings (SSSR count). The van der Waals surface area contributed by atoms with Crippen molar-refractivity contribution in [2.24, 2.45) is 0 Å². The van der Waals surface area contributed by atoms with Gasteiger partial charge in [0.2, 0.25) is 6.29 Å². The summed E-state index contributed by atoms with van der Waals surface area (Å²) in [6, 6.07) is 7.53. The predicted molar refractivity (Wildman–Crippen MR) is 116 cm³/mol. The highest BCUT2D eigenvalue weighted by molar-refractivity contribution is 7.41. The molecular formula is C22H27O12P. The summed E-state index contributed by atoms with van der Waals surface area (Å²) in [5.74, 6) is -2.80. The van der Waals surface area contributed by atoms with Crippen LogP contribution in [0, 0.1) is 0 Å². The highest BCUT2D eigenvalue weighted by Crippen LogP contribution is 2.47. The number of benzene rings is 1. The molecule has 1 aromatic carbocycles. The first-order chi connectivity index (χ1) is 16.6. The van der Waals surface area contributed by atoms with Crippen LogP contribution in [0.15, 0.2) is 24.3 Å². The second-order valence-electron chi connectivity index (χ2n) is 7.71. The zero-order chi connectivity index (χ0) is 25.5. The van der Waals surface area contributed by atoms with Crippen LogP contribution in [0.2, 0.25) is 0 Å². The molecule has 0 aliphatic carbocycles. The number of rotatable bonds is 7. The fourth-order valence-corrected chi connectivity index (χ4v) is 4.56. The van der Waals surface area contributed by atoms with E-state index < -0.39 is 63.2 Å². The highest BCUT2D eigenvalue weighted by Gasteiger charge is 2.53. The molecule has 0 N–H and O–H groups in total. The van der Waals surface area contributed by atoms with Crippen LogP contribution < -0.4 is 0 Å². The van der Waals surface area contributed by atoms with E-state index in [-0.39, 0.29) is 19.8 Å². The standard InChI is InChI=1S/C22H27O12P/c1-12(23)27-11-18-19(30-13(2)24)20(31-14(3)25)21(32-15(4)26)22(33-18)34-35-28-9-16-7-5-6-8-17(16)10-29-35/h5-8,18-22H,9-11H2,1-4H3/t18?,19-,20?,21?,22+/m0/s1. The fourth-order valence-electron chi connectivity index (χ4n) is 3.54. The molecule has 0 spiro atoms. The van der Waals surface area contributed by atoms with Gasteiger partial charge in [-0.25, -0.2) is 0 Å². The molecule has 0 bridgehead atoms. The minimum absolute atomic E-state index is 0.202. The molecule has 0 saturated carbocycles. The number of fused-ring (bicyclic) bond motifs is 1. The van der Waals surface area contributed by atoms with Gasteiger partial charge in [0.05, 0.1) is 13.2 Å². The maximum Gasteiger partial charge on any atom is 0.335 e. The number of carbonyl (C=O) groups excluding carboxylic acids is 4. The molecule has 0 aromatic heterocycles. The van der Waals surface area contributed by atoms with Gasteiger partial charge in [-0.05, 0) is 11.1 Å². The number of hydrogen-bond acceptors (Lipinski definition) is 12. The number of esters is 4. The van der Waals surface area contributed by atoms with E-state index in [9.17, 15) is 19.2 Å². The average molecular weight is 514 g/mol. The molecule has 1 aromatic rings. The average Bonchev–Trinajstić information content (AvgIpc) is 2.98. The minimum atomic E-state index is -2.00.